The summed E-state index contributed by atoms with van der Waals surface area (Å²) in [5, 5.41) is 0. The molecular formula is C65H116O5. The zero-order chi connectivity index (χ0) is 50.6. The summed E-state index contributed by atoms with van der Waals surface area (Å²) in [6, 6.07) is 0. The van der Waals surface area contributed by atoms with Gasteiger partial charge in [-0.2, -0.15) is 0 Å². The minimum Gasteiger partial charge on any atom is -0.462 e. The lowest BCUT2D eigenvalue weighted by Crippen LogP contribution is -2.30. The van der Waals surface area contributed by atoms with Gasteiger partial charge in [-0.1, -0.05) is 273 Å². The molecule has 0 amide bonds. The molecule has 1 atom stereocenters. The number of rotatable bonds is 56. The Balaban J connectivity index is 4.30. The minimum atomic E-state index is -0.554. The van der Waals surface area contributed by atoms with E-state index in [1.165, 1.54) is 180 Å². The first-order chi connectivity index (χ1) is 34.6. The second-order valence-corrected chi connectivity index (χ2v) is 20.2. The van der Waals surface area contributed by atoms with Crippen LogP contribution in [0.5, 0.6) is 0 Å². The summed E-state index contributed by atoms with van der Waals surface area (Å²) >= 11 is 0. The first kappa shape index (κ1) is 67.3. The molecule has 0 aliphatic carbocycles. The summed E-state index contributed by atoms with van der Waals surface area (Å²) in [7, 11) is 0. The first-order valence-electron chi connectivity index (χ1n) is 30.5. The molecule has 0 saturated heterocycles. The van der Waals surface area contributed by atoms with Gasteiger partial charge in [0.2, 0.25) is 0 Å². The van der Waals surface area contributed by atoms with Crippen LogP contribution in [0.1, 0.15) is 303 Å². The molecule has 0 aromatic rings. The van der Waals surface area contributed by atoms with Crippen LogP contribution < -0.4 is 0 Å². The molecule has 1 unspecified atom stereocenters. The van der Waals surface area contributed by atoms with Crippen LogP contribution in [0.15, 0.2) is 72.9 Å². The van der Waals surface area contributed by atoms with Crippen molar-refractivity contribution in [3.8, 4) is 0 Å². The number of hydrogen-bond acceptors (Lipinski definition) is 5. The van der Waals surface area contributed by atoms with Crippen molar-refractivity contribution in [2.24, 2.45) is 0 Å². The third-order valence-electron chi connectivity index (χ3n) is 13.2. The predicted octanol–water partition coefficient (Wildman–Crippen LogP) is 21.0. The fourth-order valence-corrected chi connectivity index (χ4v) is 8.71. The van der Waals surface area contributed by atoms with E-state index in [-0.39, 0.29) is 25.2 Å². The first-order valence-corrected chi connectivity index (χ1v) is 30.5. The Kier molecular flexibility index (Phi) is 58.3. The Morgan fingerprint density at radius 2 is 0.643 bits per heavy atom. The zero-order valence-corrected chi connectivity index (χ0v) is 46.8. The number of allylic oxidation sites excluding steroid dienone is 12. The Labute approximate surface area is 436 Å². The van der Waals surface area contributed by atoms with Crippen LogP contribution in [0.3, 0.4) is 0 Å². The van der Waals surface area contributed by atoms with E-state index < -0.39 is 6.10 Å². The van der Waals surface area contributed by atoms with Gasteiger partial charge in [0.25, 0.3) is 0 Å². The lowest BCUT2D eigenvalue weighted by molar-refractivity contribution is -0.163. The molecule has 5 nitrogen and oxygen atoms in total. The molecule has 0 aliphatic rings. The maximum Gasteiger partial charge on any atom is 0.306 e. The predicted molar refractivity (Wildman–Crippen MR) is 307 cm³/mol. The highest BCUT2D eigenvalue weighted by molar-refractivity contribution is 5.70. The maximum atomic E-state index is 12.9. The lowest BCUT2D eigenvalue weighted by atomic mass is 10.0. The molecule has 0 heterocycles. The van der Waals surface area contributed by atoms with Crippen molar-refractivity contribution >= 4 is 11.9 Å². The van der Waals surface area contributed by atoms with E-state index in [0.717, 1.165) is 89.9 Å². The highest BCUT2D eigenvalue weighted by atomic mass is 16.6. The summed E-state index contributed by atoms with van der Waals surface area (Å²) in [5.74, 6) is -0.414. The molecular weight excluding hydrogens is 861 g/mol. The molecule has 0 saturated carbocycles. The van der Waals surface area contributed by atoms with Crippen molar-refractivity contribution in [3.05, 3.63) is 72.9 Å². The van der Waals surface area contributed by atoms with Crippen LogP contribution in [0.25, 0.3) is 0 Å². The van der Waals surface area contributed by atoms with Crippen LogP contribution in [0.4, 0.5) is 0 Å². The average Bonchev–Trinajstić information content (AvgIpc) is 3.36. The summed E-state index contributed by atoms with van der Waals surface area (Å²) in [6.07, 6.45) is 79.3. The molecule has 0 bridgehead atoms. The molecule has 0 radical (unpaired) electrons. The van der Waals surface area contributed by atoms with Crippen molar-refractivity contribution in [1.82, 2.24) is 0 Å². The summed E-state index contributed by atoms with van der Waals surface area (Å²) in [5.41, 5.74) is 0. The molecule has 5 heteroatoms. The van der Waals surface area contributed by atoms with Crippen LogP contribution in [0, 0.1) is 0 Å². The normalized spacial score (nSPS) is 12.7. The minimum absolute atomic E-state index is 0.0739. The van der Waals surface area contributed by atoms with Crippen molar-refractivity contribution in [2.45, 2.75) is 309 Å². The summed E-state index contributed by atoms with van der Waals surface area (Å²) in [4.78, 5) is 25.6. The number of carbonyl (C=O) groups excluding carboxylic acids is 2. The number of hydrogen-bond donors (Lipinski definition) is 0. The van der Waals surface area contributed by atoms with Crippen molar-refractivity contribution < 1.29 is 23.8 Å². The van der Waals surface area contributed by atoms with Crippen molar-refractivity contribution in [2.75, 3.05) is 19.8 Å². The monoisotopic (exact) mass is 977 g/mol. The number of ether oxygens (including phenoxy) is 3. The molecule has 0 spiro atoms. The van der Waals surface area contributed by atoms with E-state index in [4.69, 9.17) is 14.2 Å². The lowest BCUT2D eigenvalue weighted by Gasteiger charge is -2.18. The second-order valence-electron chi connectivity index (χ2n) is 20.2. The van der Waals surface area contributed by atoms with E-state index in [0.29, 0.717) is 19.4 Å². The van der Waals surface area contributed by atoms with Gasteiger partial charge in [-0.25, -0.2) is 0 Å². The molecule has 0 aliphatic heterocycles. The van der Waals surface area contributed by atoms with Crippen LogP contribution in [-0.2, 0) is 23.8 Å². The maximum absolute atomic E-state index is 12.9. The van der Waals surface area contributed by atoms with Crippen molar-refractivity contribution in [3.63, 3.8) is 0 Å². The Morgan fingerprint density at radius 3 is 1.06 bits per heavy atom. The largest absolute Gasteiger partial charge is 0.462 e. The highest BCUT2D eigenvalue weighted by Gasteiger charge is 2.17. The Morgan fingerprint density at radius 1 is 0.329 bits per heavy atom. The van der Waals surface area contributed by atoms with Gasteiger partial charge in [0.1, 0.15) is 6.61 Å². The Bertz CT molecular complexity index is 1240. The fraction of sp³-hybridized carbons (Fsp3) is 0.785. The van der Waals surface area contributed by atoms with Gasteiger partial charge in [0.15, 0.2) is 6.10 Å². The second kappa shape index (κ2) is 60.6. The van der Waals surface area contributed by atoms with E-state index in [2.05, 4.69) is 93.7 Å². The molecule has 70 heavy (non-hydrogen) atoms. The van der Waals surface area contributed by atoms with Gasteiger partial charge in [-0.15, -0.1) is 0 Å². The average molecular weight is 978 g/mol. The third-order valence-corrected chi connectivity index (χ3v) is 13.2. The Hall–Kier alpha value is -2.66. The summed E-state index contributed by atoms with van der Waals surface area (Å²) in [6.45, 7) is 7.70. The van der Waals surface area contributed by atoms with E-state index in [1.807, 2.05) is 0 Å². The number of esters is 2. The van der Waals surface area contributed by atoms with Crippen LogP contribution >= 0.6 is 0 Å². The molecule has 0 rings (SSSR count). The molecule has 0 aromatic carbocycles. The van der Waals surface area contributed by atoms with Gasteiger partial charge < -0.3 is 14.2 Å². The topological polar surface area (TPSA) is 61.8 Å². The number of unbranched alkanes of at least 4 members (excludes halogenated alkanes) is 33. The van der Waals surface area contributed by atoms with E-state index in [1.54, 1.807) is 0 Å². The van der Waals surface area contributed by atoms with Crippen molar-refractivity contribution in [1.29, 1.82) is 0 Å². The SMILES string of the molecule is CC/C=C\C/C=C\C/C=C\C/C=C\CCCCCCC(=O)OC(COCCCCCCCCCC/C=C\C/C=C\CCCCC)COC(=O)CCCCCCCCCCCCCCCCCCCCC. The summed E-state index contributed by atoms with van der Waals surface area (Å²) < 4.78 is 17.5. The van der Waals surface area contributed by atoms with Crippen LogP contribution in [-0.4, -0.2) is 37.9 Å². The third kappa shape index (κ3) is 57.9. The standard InChI is InChI=1S/C65H116O5/c1-4-7-10-13-16-19-22-25-28-31-33-35-37-40-43-46-49-52-55-58-64(66)69-62-63(61-68-60-57-54-51-48-45-42-39-36-32-29-26-23-20-17-14-11-8-5-2)70-65(67)59-56-53-50-47-44-41-38-34-30-27-24-21-18-15-12-9-6-3/h9,12,17-18,20-21,26-27,29-30,38,41,63H,4-8,10-11,13-16,19,22-25,28,31-37,39-40,42-62H2,1-3H3/b12-9-,20-17-,21-18-,29-26-,30-27-,41-38-. The van der Waals surface area contributed by atoms with Gasteiger partial charge in [0, 0.05) is 19.4 Å². The van der Waals surface area contributed by atoms with E-state index >= 15 is 0 Å². The zero-order valence-electron chi connectivity index (χ0n) is 46.8. The van der Waals surface area contributed by atoms with Gasteiger partial charge in [0.05, 0.1) is 6.61 Å². The highest BCUT2D eigenvalue weighted by Crippen LogP contribution is 2.16. The molecule has 0 aromatic heterocycles. The van der Waals surface area contributed by atoms with Crippen LogP contribution in [0.2, 0.25) is 0 Å². The quantitative estimate of drug-likeness (QED) is 0.0345. The molecule has 406 valence electrons. The number of carbonyl (C=O) groups is 2. The van der Waals surface area contributed by atoms with Gasteiger partial charge in [-0.3, -0.25) is 9.59 Å². The van der Waals surface area contributed by atoms with Gasteiger partial charge >= 0.3 is 11.9 Å². The smallest absolute Gasteiger partial charge is 0.306 e. The van der Waals surface area contributed by atoms with Gasteiger partial charge in [-0.05, 0) is 89.9 Å². The van der Waals surface area contributed by atoms with E-state index in [9.17, 15) is 9.59 Å². The fourth-order valence-electron chi connectivity index (χ4n) is 8.71. The molecule has 0 fully saturated rings. The molecule has 0 N–H and O–H groups in total.